The summed E-state index contributed by atoms with van der Waals surface area (Å²) in [5.41, 5.74) is 6.29. The van der Waals surface area contributed by atoms with Crippen LogP contribution in [0.4, 0.5) is 0 Å². The van der Waals surface area contributed by atoms with Crippen molar-refractivity contribution in [3.8, 4) is 0 Å². The minimum absolute atomic E-state index is 0.471. The second-order valence-electron chi connectivity index (χ2n) is 3.18. The molecule has 0 amide bonds. The third-order valence-electron chi connectivity index (χ3n) is 1.83. The zero-order chi connectivity index (χ0) is 15.5. The number of carbonyl (C=O) groups is 1. The average Bonchev–Trinajstić information content (AvgIpc) is 2.53. The van der Waals surface area contributed by atoms with E-state index in [1.54, 1.807) is 0 Å². The first-order valence-corrected chi connectivity index (χ1v) is 7.16. The Bertz CT molecular complexity index is 248. The molecule has 0 saturated carbocycles. The Balaban J connectivity index is -0.000000242. The second kappa shape index (κ2) is 22.0. The first kappa shape index (κ1) is 22.9. The van der Waals surface area contributed by atoms with Crippen LogP contribution in [-0.2, 0) is 4.79 Å². The molecule has 0 bridgehead atoms. The van der Waals surface area contributed by atoms with Gasteiger partial charge in [-0.15, -0.1) is 0 Å². The van der Waals surface area contributed by atoms with Crippen molar-refractivity contribution < 1.29 is 4.79 Å². The van der Waals surface area contributed by atoms with Crippen molar-refractivity contribution in [2.75, 3.05) is 13.6 Å². The standard InChI is InChI=1S/C8H9NO.C4H11N.2C2H6/c9-8(6-10)7-4-2-1-3-5-7;1-3-4-5-2;2*1-2/h1-6,8H,9H2;5H,3-4H2,1-2H3;2*1-2H3. The van der Waals surface area contributed by atoms with E-state index in [0.29, 0.717) is 0 Å². The maximum Gasteiger partial charge on any atom is 0.141 e. The van der Waals surface area contributed by atoms with E-state index >= 15 is 0 Å². The molecule has 0 aliphatic heterocycles. The van der Waals surface area contributed by atoms with Crippen LogP contribution >= 0.6 is 0 Å². The Hall–Kier alpha value is -1.19. The predicted molar refractivity (Wildman–Crippen MR) is 86.3 cm³/mol. The van der Waals surface area contributed by atoms with Crippen LogP contribution in [0.25, 0.3) is 0 Å². The summed E-state index contributed by atoms with van der Waals surface area (Å²) in [7, 11) is 1.96. The van der Waals surface area contributed by atoms with Crippen molar-refractivity contribution >= 4 is 6.29 Å². The highest BCUT2D eigenvalue weighted by Gasteiger charge is 1.99. The molecule has 3 N–H and O–H groups in total. The number of carbonyl (C=O) groups excluding carboxylic acids is 1. The van der Waals surface area contributed by atoms with Crippen molar-refractivity contribution in [2.24, 2.45) is 5.73 Å². The highest BCUT2D eigenvalue weighted by atomic mass is 16.1. The van der Waals surface area contributed by atoms with Gasteiger partial charge >= 0.3 is 0 Å². The number of aldehydes is 1. The molecule has 1 aromatic rings. The Morgan fingerprint density at radius 1 is 1.16 bits per heavy atom. The predicted octanol–water partition coefficient (Wildman–Crippen LogP) is 3.55. The zero-order valence-electron chi connectivity index (χ0n) is 13.4. The molecule has 1 aromatic carbocycles. The van der Waals surface area contributed by atoms with Crippen molar-refractivity contribution in [1.82, 2.24) is 5.32 Å². The van der Waals surface area contributed by atoms with Crippen molar-refractivity contribution in [3.05, 3.63) is 35.9 Å². The van der Waals surface area contributed by atoms with Gasteiger partial charge in [0.1, 0.15) is 6.29 Å². The largest absolute Gasteiger partial charge is 0.320 e. The number of benzene rings is 1. The van der Waals surface area contributed by atoms with E-state index in [1.165, 1.54) is 6.42 Å². The van der Waals surface area contributed by atoms with Gasteiger partial charge < -0.3 is 15.8 Å². The Kier molecular flexibility index (Phi) is 26.6. The number of nitrogens with one attached hydrogen (secondary N) is 1. The van der Waals surface area contributed by atoms with Crippen LogP contribution in [0.3, 0.4) is 0 Å². The van der Waals surface area contributed by atoms with Crippen LogP contribution < -0.4 is 11.1 Å². The molecular weight excluding hydrogens is 236 g/mol. The van der Waals surface area contributed by atoms with E-state index in [2.05, 4.69) is 12.2 Å². The summed E-state index contributed by atoms with van der Waals surface area (Å²) >= 11 is 0. The number of hydrogen-bond donors (Lipinski definition) is 2. The smallest absolute Gasteiger partial charge is 0.141 e. The molecule has 0 aliphatic rings. The fourth-order valence-corrected chi connectivity index (χ4v) is 1.00. The summed E-state index contributed by atoms with van der Waals surface area (Å²) in [6.07, 6.45) is 1.96. The van der Waals surface area contributed by atoms with E-state index in [-0.39, 0.29) is 0 Å². The van der Waals surface area contributed by atoms with Gasteiger partial charge in [-0.05, 0) is 25.6 Å². The van der Waals surface area contributed by atoms with Crippen molar-refractivity contribution in [1.29, 1.82) is 0 Å². The lowest BCUT2D eigenvalue weighted by atomic mass is 10.1. The number of nitrogens with two attached hydrogens (primary N) is 1. The van der Waals surface area contributed by atoms with Crippen LogP contribution in [0.5, 0.6) is 0 Å². The first-order valence-electron chi connectivity index (χ1n) is 7.16. The van der Waals surface area contributed by atoms with Gasteiger partial charge in [0.05, 0.1) is 6.04 Å². The third-order valence-corrected chi connectivity index (χ3v) is 1.83. The molecule has 3 nitrogen and oxygen atoms in total. The van der Waals surface area contributed by atoms with Crippen LogP contribution in [0.2, 0.25) is 0 Å². The zero-order valence-corrected chi connectivity index (χ0v) is 13.4. The molecule has 0 radical (unpaired) electrons. The summed E-state index contributed by atoms with van der Waals surface area (Å²) in [5.74, 6) is 0. The summed E-state index contributed by atoms with van der Waals surface area (Å²) in [4.78, 5) is 10.2. The normalized spacial score (nSPS) is 9.42. The maximum absolute atomic E-state index is 10.2. The number of hydrogen-bond acceptors (Lipinski definition) is 3. The van der Waals surface area contributed by atoms with E-state index in [9.17, 15) is 4.79 Å². The lowest BCUT2D eigenvalue weighted by molar-refractivity contribution is -0.109. The molecule has 0 aromatic heterocycles. The van der Waals surface area contributed by atoms with Crippen LogP contribution in [0, 0.1) is 0 Å². The molecule has 0 spiro atoms. The molecular formula is C16H32N2O. The maximum atomic E-state index is 10.2. The van der Waals surface area contributed by atoms with Crippen molar-refractivity contribution in [2.45, 2.75) is 47.1 Å². The highest BCUT2D eigenvalue weighted by molar-refractivity contribution is 5.60. The second-order valence-corrected chi connectivity index (χ2v) is 3.18. The van der Waals surface area contributed by atoms with Gasteiger partial charge in [0.25, 0.3) is 0 Å². The van der Waals surface area contributed by atoms with Gasteiger partial charge in [-0.25, -0.2) is 0 Å². The molecule has 1 rings (SSSR count). The van der Waals surface area contributed by atoms with Crippen LogP contribution in [0.15, 0.2) is 30.3 Å². The summed E-state index contributed by atoms with van der Waals surface area (Å²) in [5, 5.41) is 3.02. The van der Waals surface area contributed by atoms with Gasteiger partial charge in [-0.2, -0.15) is 0 Å². The SMILES string of the molecule is CC.CC.CCCNC.NC(C=O)c1ccccc1. The van der Waals surface area contributed by atoms with Gasteiger partial charge in [0, 0.05) is 0 Å². The Morgan fingerprint density at radius 3 is 1.89 bits per heavy atom. The average molecular weight is 268 g/mol. The van der Waals surface area contributed by atoms with Gasteiger partial charge in [0.2, 0.25) is 0 Å². The molecule has 112 valence electrons. The molecule has 19 heavy (non-hydrogen) atoms. The third kappa shape index (κ3) is 16.8. The minimum Gasteiger partial charge on any atom is -0.320 e. The summed E-state index contributed by atoms with van der Waals surface area (Å²) < 4.78 is 0. The molecule has 1 atom stereocenters. The topological polar surface area (TPSA) is 55.1 Å². The molecule has 0 heterocycles. The van der Waals surface area contributed by atoms with Gasteiger partial charge in [0.15, 0.2) is 0 Å². The van der Waals surface area contributed by atoms with Gasteiger partial charge in [-0.3, -0.25) is 0 Å². The van der Waals surface area contributed by atoms with E-state index in [4.69, 9.17) is 5.73 Å². The van der Waals surface area contributed by atoms with Crippen LogP contribution in [-0.4, -0.2) is 19.9 Å². The Labute approximate surface area is 119 Å². The lowest BCUT2D eigenvalue weighted by Crippen LogP contribution is -2.10. The van der Waals surface area contributed by atoms with Crippen molar-refractivity contribution in [3.63, 3.8) is 0 Å². The lowest BCUT2D eigenvalue weighted by Gasteiger charge is -2.00. The molecule has 0 fully saturated rings. The van der Waals surface area contributed by atoms with Crippen LogP contribution in [0.1, 0.15) is 52.6 Å². The fraction of sp³-hybridized carbons (Fsp3) is 0.562. The molecule has 0 saturated heterocycles. The highest BCUT2D eigenvalue weighted by Crippen LogP contribution is 2.05. The van der Waals surface area contributed by atoms with E-state index in [1.807, 2.05) is 65.1 Å². The number of rotatable bonds is 4. The quantitative estimate of drug-likeness (QED) is 0.821. The first-order chi connectivity index (χ1) is 9.26. The molecule has 0 aliphatic carbocycles. The van der Waals surface area contributed by atoms with E-state index in [0.717, 1.165) is 18.4 Å². The Morgan fingerprint density at radius 2 is 1.63 bits per heavy atom. The molecule has 1 unspecified atom stereocenters. The molecule has 3 heteroatoms. The fourth-order valence-electron chi connectivity index (χ4n) is 1.00. The monoisotopic (exact) mass is 268 g/mol. The van der Waals surface area contributed by atoms with E-state index < -0.39 is 6.04 Å². The summed E-state index contributed by atoms with van der Waals surface area (Å²) in [6.45, 7) is 11.3. The summed E-state index contributed by atoms with van der Waals surface area (Å²) in [6, 6.07) is 8.80. The minimum atomic E-state index is -0.471. The van der Waals surface area contributed by atoms with Gasteiger partial charge in [-0.1, -0.05) is 65.0 Å².